The average Bonchev–Trinajstić information content (AvgIpc) is 2.16. The molecule has 5 nitrogen and oxygen atoms in total. The molecule has 0 rings (SSSR count). The summed E-state index contributed by atoms with van der Waals surface area (Å²) in [7, 11) is 1.31. The van der Waals surface area contributed by atoms with Gasteiger partial charge in [-0.1, -0.05) is 6.58 Å². The smallest absolute Gasteiger partial charge is 0.329 e. The Labute approximate surface area is 89.1 Å². The van der Waals surface area contributed by atoms with Crippen LogP contribution >= 0.6 is 0 Å². The Morgan fingerprint density at radius 1 is 1.33 bits per heavy atom. The van der Waals surface area contributed by atoms with E-state index in [0.29, 0.717) is 0 Å². The lowest BCUT2D eigenvalue weighted by Gasteiger charge is -1.95. The van der Waals surface area contributed by atoms with E-state index in [2.05, 4.69) is 23.0 Å². The molecule has 0 fully saturated rings. The molecule has 5 heteroatoms. The van der Waals surface area contributed by atoms with Gasteiger partial charge in [0.05, 0.1) is 13.7 Å². The summed E-state index contributed by atoms with van der Waals surface area (Å²) in [5.74, 6) is -1.08. The molecular weight excluding hydrogens is 200 g/mol. The van der Waals surface area contributed by atoms with Gasteiger partial charge in [-0.25, -0.2) is 4.79 Å². The van der Waals surface area contributed by atoms with Crippen molar-refractivity contribution < 1.29 is 23.9 Å². The summed E-state index contributed by atoms with van der Waals surface area (Å²) in [6.45, 7) is 7.86. The molecule has 0 bridgehead atoms. The minimum atomic E-state index is -0.502. The fourth-order valence-electron chi connectivity index (χ4n) is 0.451. The fourth-order valence-corrected chi connectivity index (χ4v) is 0.451. The predicted molar refractivity (Wildman–Crippen MR) is 53.8 cm³/mol. The minimum Gasteiger partial charge on any atom is -0.466 e. The molecule has 85 valence electrons. The van der Waals surface area contributed by atoms with Crippen LogP contribution in [0.1, 0.15) is 13.3 Å². The number of ether oxygens (including phenoxy) is 2. The zero-order chi connectivity index (χ0) is 12.3. The highest BCUT2D eigenvalue weighted by atomic mass is 16.5. The van der Waals surface area contributed by atoms with E-state index in [0.717, 1.165) is 6.08 Å². The second-order valence-corrected chi connectivity index (χ2v) is 2.33. The number of rotatable bonds is 4. The van der Waals surface area contributed by atoms with Crippen LogP contribution in [0.5, 0.6) is 0 Å². The van der Waals surface area contributed by atoms with Crippen LogP contribution in [0.25, 0.3) is 0 Å². The van der Waals surface area contributed by atoms with E-state index >= 15 is 0 Å². The molecule has 0 heterocycles. The quantitative estimate of drug-likeness (QED) is 0.392. The molecule has 0 aromatic carbocycles. The van der Waals surface area contributed by atoms with Crippen LogP contribution in [-0.2, 0) is 23.9 Å². The first-order valence-electron chi connectivity index (χ1n) is 4.12. The van der Waals surface area contributed by atoms with Gasteiger partial charge in [0.2, 0.25) is 0 Å². The molecule has 0 unspecified atom stereocenters. The number of Topliss-reactive ketones (excluding diaryl/α,β-unsaturated/α-hetero) is 1. The zero-order valence-corrected chi connectivity index (χ0v) is 8.95. The Balaban J connectivity index is 0. The van der Waals surface area contributed by atoms with Gasteiger partial charge in [-0.2, -0.15) is 0 Å². The largest absolute Gasteiger partial charge is 0.466 e. The maximum atomic E-state index is 10.4. The van der Waals surface area contributed by atoms with Gasteiger partial charge < -0.3 is 9.47 Å². The first kappa shape index (κ1) is 15.8. The van der Waals surface area contributed by atoms with Crippen molar-refractivity contribution in [2.75, 3.05) is 13.7 Å². The number of carbonyl (C=O) groups is 3. The van der Waals surface area contributed by atoms with Gasteiger partial charge in [0.1, 0.15) is 12.2 Å². The molecule has 0 atom stereocenters. The van der Waals surface area contributed by atoms with Gasteiger partial charge in [-0.15, -0.1) is 0 Å². The number of carbonyl (C=O) groups excluding carboxylic acids is 3. The average molecular weight is 215 g/mol. The number of hydrogen-bond donors (Lipinski definition) is 0. The molecular formula is C10H15O5. The van der Waals surface area contributed by atoms with Crippen LogP contribution in [-0.4, -0.2) is 31.4 Å². The molecule has 0 amide bonds. The molecule has 0 saturated heterocycles. The van der Waals surface area contributed by atoms with Crippen molar-refractivity contribution >= 4 is 17.7 Å². The van der Waals surface area contributed by atoms with Gasteiger partial charge >= 0.3 is 11.9 Å². The van der Waals surface area contributed by atoms with Crippen LogP contribution in [0.2, 0.25) is 0 Å². The minimum absolute atomic E-state index is 0.0894. The van der Waals surface area contributed by atoms with Crippen LogP contribution in [0.15, 0.2) is 12.7 Å². The van der Waals surface area contributed by atoms with Crippen molar-refractivity contribution in [1.29, 1.82) is 0 Å². The van der Waals surface area contributed by atoms with E-state index in [1.807, 2.05) is 0 Å². The highest BCUT2D eigenvalue weighted by Crippen LogP contribution is 1.85. The van der Waals surface area contributed by atoms with Gasteiger partial charge in [0.15, 0.2) is 0 Å². The standard InChI is InChI=1S/C6H9O3.C4H6O2/c1-3-9-6(8)4-5(2)7;1-3-4(5)6-2/h1,3-4H2,2H3;3H,1H2,2H3. The number of esters is 2. The van der Waals surface area contributed by atoms with Crippen molar-refractivity contribution in [2.45, 2.75) is 13.3 Å². The Hall–Kier alpha value is -1.65. The van der Waals surface area contributed by atoms with Crippen molar-refractivity contribution in [3.63, 3.8) is 0 Å². The van der Waals surface area contributed by atoms with Crippen LogP contribution in [0.3, 0.4) is 0 Å². The fraction of sp³-hybridized carbons (Fsp3) is 0.400. The van der Waals surface area contributed by atoms with Gasteiger partial charge in [0, 0.05) is 6.08 Å². The van der Waals surface area contributed by atoms with Gasteiger partial charge in [0.25, 0.3) is 0 Å². The van der Waals surface area contributed by atoms with Crippen molar-refractivity contribution in [2.24, 2.45) is 0 Å². The summed E-state index contributed by atoms with van der Waals surface area (Å²) in [4.78, 5) is 30.4. The Kier molecular flexibility index (Phi) is 11.0. The van der Waals surface area contributed by atoms with Crippen LogP contribution < -0.4 is 0 Å². The van der Waals surface area contributed by atoms with E-state index in [1.54, 1.807) is 0 Å². The Bertz CT molecular complexity index is 232. The normalized spacial score (nSPS) is 7.93. The molecule has 0 aliphatic heterocycles. The molecule has 0 N–H and O–H groups in total. The highest BCUT2D eigenvalue weighted by Gasteiger charge is 2.03. The third-order valence-electron chi connectivity index (χ3n) is 1.02. The lowest BCUT2D eigenvalue weighted by Crippen LogP contribution is -2.08. The summed E-state index contributed by atoms with van der Waals surface area (Å²) < 4.78 is 8.52. The summed E-state index contributed by atoms with van der Waals surface area (Å²) in [6.07, 6.45) is 0.968. The maximum absolute atomic E-state index is 10.4. The van der Waals surface area contributed by atoms with E-state index in [9.17, 15) is 14.4 Å². The van der Waals surface area contributed by atoms with Gasteiger partial charge in [-0.3, -0.25) is 9.59 Å². The number of hydrogen-bond acceptors (Lipinski definition) is 5. The summed E-state index contributed by atoms with van der Waals surface area (Å²) >= 11 is 0. The number of ketones is 1. The van der Waals surface area contributed by atoms with E-state index in [1.165, 1.54) is 14.0 Å². The third-order valence-corrected chi connectivity index (χ3v) is 1.02. The number of methoxy groups -OCH3 is 1. The van der Waals surface area contributed by atoms with E-state index in [4.69, 9.17) is 0 Å². The Morgan fingerprint density at radius 2 is 1.87 bits per heavy atom. The molecule has 1 radical (unpaired) electrons. The van der Waals surface area contributed by atoms with Gasteiger partial charge in [-0.05, 0) is 13.8 Å². The molecule has 0 aromatic rings. The van der Waals surface area contributed by atoms with E-state index in [-0.39, 0.29) is 18.8 Å². The lowest BCUT2D eigenvalue weighted by atomic mass is 10.3. The molecule has 0 aliphatic carbocycles. The second kappa shape index (κ2) is 10.4. The SMILES string of the molecule is C=CC(=O)OC.[CH2]COC(=O)CC(C)=O. The third kappa shape index (κ3) is 15.1. The summed E-state index contributed by atoms with van der Waals surface area (Å²) in [6, 6.07) is 0. The lowest BCUT2D eigenvalue weighted by molar-refractivity contribution is -0.144. The van der Waals surface area contributed by atoms with Crippen molar-refractivity contribution in [3.8, 4) is 0 Å². The summed E-state index contributed by atoms with van der Waals surface area (Å²) in [5.41, 5.74) is 0. The highest BCUT2D eigenvalue weighted by molar-refractivity contribution is 5.94. The first-order valence-corrected chi connectivity index (χ1v) is 4.12. The predicted octanol–water partition coefficient (Wildman–Crippen LogP) is 0.688. The molecule has 15 heavy (non-hydrogen) atoms. The topological polar surface area (TPSA) is 69.7 Å². The van der Waals surface area contributed by atoms with E-state index < -0.39 is 11.9 Å². The molecule has 0 aliphatic rings. The second-order valence-electron chi connectivity index (χ2n) is 2.33. The molecule has 0 aromatic heterocycles. The molecule has 0 spiro atoms. The summed E-state index contributed by atoms with van der Waals surface area (Å²) in [5, 5.41) is 0. The monoisotopic (exact) mass is 215 g/mol. The van der Waals surface area contributed by atoms with Crippen LogP contribution in [0.4, 0.5) is 0 Å². The Morgan fingerprint density at radius 3 is 2.07 bits per heavy atom. The first-order chi connectivity index (χ1) is 6.97. The van der Waals surface area contributed by atoms with Crippen molar-refractivity contribution in [1.82, 2.24) is 0 Å². The zero-order valence-electron chi connectivity index (χ0n) is 8.95. The van der Waals surface area contributed by atoms with Crippen molar-refractivity contribution in [3.05, 3.63) is 19.6 Å². The molecule has 0 saturated carbocycles. The maximum Gasteiger partial charge on any atom is 0.329 e. The van der Waals surface area contributed by atoms with Crippen LogP contribution in [0, 0.1) is 6.92 Å².